The van der Waals surface area contributed by atoms with Crippen LogP contribution in [0.3, 0.4) is 0 Å². The van der Waals surface area contributed by atoms with E-state index < -0.39 is 23.5 Å². The first kappa shape index (κ1) is 18.9. The summed E-state index contributed by atoms with van der Waals surface area (Å²) in [5, 5.41) is 0. The quantitative estimate of drug-likeness (QED) is 0.538. The maximum atomic E-state index is 12.9. The van der Waals surface area contributed by atoms with Gasteiger partial charge in [-0.15, -0.1) is 0 Å². The minimum atomic E-state index is -4.51. The molecule has 1 heterocycles. The number of halogens is 6. The van der Waals surface area contributed by atoms with Crippen molar-refractivity contribution in [2.45, 2.75) is 18.8 Å². The molecule has 0 spiro atoms. The Morgan fingerprint density at radius 1 is 0.778 bits per heavy atom. The molecule has 0 saturated carbocycles. The molecule has 3 rings (SSSR count). The third-order valence-corrected chi connectivity index (χ3v) is 3.92. The summed E-state index contributed by atoms with van der Waals surface area (Å²) >= 11 is 0. The van der Waals surface area contributed by atoms with Gasteiger partial charge in [0.1, 0.15) is 6.33 Å². The summed E-state index contributed by atoms with van der Waals surface area (Å²) in [7, 11) is 0. The highest BCUT2D eigenvalue weighted by molar-refractivity contribution is 5.66. The van der Waals surface area contributed by atoms with Crippen LogP contribution in [-0.2, 0) is 18.8 Å². The molecule has 0 radical (unpaired) electrons. The molecule has 1 aromatic heterocycles. The highest BCUT2D eigenvalue weighted by atomic mass is 19.4. The molecule has 0 fully saturated rings. The molecule has 0 atom stereocenters. The van der Waals surface area contributed by atoms with E-state index in [0.717, 1.165) is 24.3 Å². The van der Waals surface area contributed by atoms with E-state index >= 15 is 0 Å². The molecular formula is C19H12F6N2. The predicted molar refractivity (Wildman–Crippen MR) is 86.7 cm³/mol. The Bertz CT molecular complexity index is 947. The fraction of sp³-hybridized carbons (Fsp3) is 0.158. The van der Waals surface area contributed by atoms with Gasteiger partial charge in [0.15, 0.2) is 0 Å². The fourth-order valence-corrected chi connectivity index (χ4v) is 2.65. The molecule has 0 saturated heterocycles. The second kappa shape index (κ2) is 7.02. The summed E-state index contributed by atoms with van der Waals surface area (Å²) in [6.45, 7) is 0. The number of hydrogen-bond acceptors (Lipinski definition) is 2. The van der Waals surface area contributed by atoms with E-state index in [9.17, 15) is 26.3 Å². The first-order chi connectivity index (χ1) is 12.6. The molecule has 8 heteroatoms. The molecule has 140 valence electrons. The van der Waals surface area contributed by atoms with E-state index in [-0.39, 0.29) is 12.0 Å². The van der Waals surface area contributed by atoms with Gasteiger partial charge in [-0.2, -0.15) is 26.3 Å². The molecule has 0 aliphatic heterocycles. The van der Waals surface area contributed by atoms with E-state index in [4.69, 9.17) is 0 Å². The number of rotatable bonds is 3. The van der Waals surface area contributed by atoms with Crippen LogP contribution in [-0.4, -0.2) is 9.97 Å². The van der Waals surface area contributed by atoms with Gasteiger partial charge in [0, 0.05) is 18.2 Å². The Morgan fingerprint density at radius 3 is 2.07 bits per heavy atom. The van der Waals surface area contributed by atoms with Crippen LogP contribution in [0, 0.1) is 0 Å². The van der Waals surface area contributed by atoms with Gasteiger partial charge in [0.25, 0.3) is 0 Å². The maximum absolute atomic E-state index is 12.9. The third kappa shape index (κ3) is 4.45. The predicted octanol–water partition coefficient (Wildman–Crippen LogP) is 5.77. The van der Waals surface area contributed by atoms with Crippen LogP contribution in [0.2, 0.25) is 0 Å². The van der Waals surface area contributed by atoms with Crippen LogP contribution >= 0.6 is 0 Å². The Balaban J connectivity index is 1.99. The van der Waals surface area contributed by atoms with Crippen LogP contribution in [0.1, 0.15) is 22.4 Å². The molecule has 2 aromatic carbocycles. The SMILES string of the molecule is FC(F)(F)c1cccc(Cc2ncncc2-c2cccc(C(F)(F)F)c2)c1. The van der Waals surface area contributed by atoms with Crippen molar-refractivity contribution in [2.24, 2.45) is 0 Å². The molecule has 0 amide bonds. The summed E-state index contributed by atoms with van der Waals surface area (Å²) in [6, 6.07) is 9.39. The zero-order valence-electron chi connectivity index (χ0n) is 13.6. The van der Waals surface area contributed by atoms with E-state index in [0.29, 0.717) is 16.8 Å². The lowest BCUT2D eigenvalue weighted by Crippen LogP contribution is -2.06. The van der Waals surface area contributed by atoms with E-state index in [2.05, 4.69) is 9.97 Å². The van der Waals surface area contributed by atoms with Crippen molar-refractivity contribution in [3.8, 4) is 11.1 Å². The van der Waals surface area contributed by atoms with Crippen molar-refractivity contribution in [1.82, 2.24) is 9.97 Å². The summed E-state index contributed by atoms with van der Waals surface area (Å²) in [6.07, 6.45) is -6.40. The van der Waals surface area contributed by atoms with Gasteiger partial charge in [0.2, 0.25) is 0 Å². The monoisotopic (exact) mass is 382 g/mol. The first-order valence-electron chi connectivity index (χ1n) is 7.77. The molecule has 2 nitrogen and oxygen atoms in total. The molecule has 27 heavy (non-hydrogen) atoms. The minimum Gasteiger partial charge on any atom is -0.244 e. The van der Waals surface area contributed by atoms with Crippen LogP contribution in [0.5, 0.6) is 0 Å². The standard InChI is InChI=1S/C19H12F6N2/c20-18(21,22)14-5-1-3-12(7-14)8-17-16(10-26-11-27-17)13-4-2-6-15(9-13)19(23,24)25/h1-7,9-11H,8H2. The molecule has 0 aliphatic rings. The lowest BCUT2D eigenvalue weighted by molar-refractivity contribution is -0.138. The second-order valence-electron chi connectivity index (χ2n) is 5.84. The van der Waals surface area contributed by atoms with E-state index in [1.54, 1.807) is 0 Å². The number of hydrogen-bond donors (Lipinski definition) is 0. The molecule has 0 bridgehead atoms. The molecule has 0 N–H and O–H groups in total. The molecule has 3 aromatic rings. The van der Waals surface area contributed by atoms with E-state index in [1.807, 2.05) is 0 Å². The summed E-state index contributed by atoms with van der Waals surface area (Å²) in [4.78, 5) is 7.90. The lowest BCUT2D eigenvalue weighted by Gasteiger charge is -2.12. The highest BCUT2D eigenvalue weighted by Crippen LogP contribution is 2.34. The lowest BCUT2D eigenvalue weighted by atomic mass is 9.98. The number of alkyl halides is 6. The summed E-state index contributed by atoms with van der Waals surface area (Å²) in [5.41, 5.74) is -0.364. The van der Waals surface area contributed by atoms with Crippen molar-refractivity contribution in [3.05, 3.63) is 83.4 Å². The summed E-state index contributed by atoms with van der Waals surface area (Å²) in [5.74, 6) is 0. The largest absolute Gasteiger partial charge is 0.416 e. The van der Waals surface area contributed by atoms with Gasteiger partial charge >= 0.3 is 12.4 Å². The van der Waals surface area contributed by atoms with Crippen molar-refractivity contribution < 1.29 is 26.3 Å². The van der Waals surface area contributed by atoms with Crippen molar-refractivity contribution in [1.29, 1.82) is 0 Å². The first-order valence-corrected chi connectivity index (χ1v) is 7.77. The second-order valence-corrected chi connectivity index (χ2v) is 5.84. The fourth-order valence-electron chi connectivity index (χ4n) is 2.65. The number of nitrogens with zero attached hydrogens (tertiary/aromatic N) is 2. The normalized spacial score (nSPS) is 12.2. The van der Waals surface area contributed by atoms with Gasteiger partial charge in [0.05, 0.1) is 16.8 Å². The Morgan fingerprint density at radius 2 is 1.41 bits per heavy atom. The van der Waals surface area contributed by atoms with Crippen LogP contribution in [0.4, 0.5) is 26.3 Å². The maximum Gasteiger partial charge on any atom is 0.416 e. The minimum absolute atomic E-state index is 0.0258. The zero-order valence-corrected chi connectivity index (χ0v) is 13.6. The van der Waals surface area contributed by atoms with Gasteiger partial charge in [-0.05, 0) is 29.3 Å². The van der Waals surface area contributed by atoms with Crippen LogP contribution < -0.4 is 0 Å². The van der Waals surface area contributed by atoms with Crippen LogP contribution in [0.15, 0.2) is 61.1 Å². The Labute approximate surface area is 150 Å². The van der Waals surface area contributed by atoms with Gasteiger partial charge in [-0.3, -0.25) is 0 Å². The molecule has 0 unspecified atom stereocenters. The van der Waals surface area contributed by atoms with Crippen molar-refractivity contribution in [3.63, 3.8) is 0 Å². The van der Waals surface area contributed by atoms with Crippen molar-refractivity contribution in [2.75, 3.05) is 0 Å². The van der Waals surface area contributed by atoms with E-state index in [1.165, 1.54) is 36.8 Å². The van der Waals surface area contributed by atoms with Gasteiger partial charge in [-0.25, -0.2) is 9.97 Å². The van der Waals surface area contributed by atoms with Crippen molar-refractivity contribution >= 4 is 0 Å². The molecule has 0 aliphatic carbocycles. The smallest absolute Gasteiger partial charge is 0.244 e. The molecular weight excluding hydrogens is 370 g/mol. The summed E-state index contributed by atoms with van der Waals surface area (Å²) < 4.78 is 77.5. The highest BCUT2D eigenvalue weighted by Gasteiger charge is 2.31. The van der Waals surface area contributed by atoms with Gasteiger partial charge in [-0.1, -0.05) is 30.3 Å². The number of aromatic nitrogens is 2. The topological polar surface area (TPSA) is 25.8 Å². The average Bonchev–Trinajstić information content (AvgIpc) is 2.61. The Hall–Kier alpha value is -2.90. The number of benzene rings is 2. The van der Waals surface area contributed by atoms with Crippen LogP contribution in [0.25, 0.3) is 11.1 Å². The third-order valence-electron chi connectivity index (χ3n) is 3.92. The van der Waals surface area contributed by atoms with Gasteiger partial charge < -0.3 is 0 Å². The average molecular weight is 382 g/mol. The zero-order chi connectivity index (χ0) is 19.7. The Kier molecular flexibility index (Phi) is 4.91.